The molecule has 0 amide bonds. The van der Waals surface area contributed by atoms with Crippen molar-refractivity contribution in [3.63, 3.8) is 0 Å². The van der Waals surface area contributed by atoms with Gasteiger partial charge in [0.25, 0.3) is 0 Å². The van der Waals surface area contributed by atoms with Crippen LogP contribution < -0.4 is 0 Å². The van der Waals surface area contributed by atoms with E-state index in [1.807, 2.05) is 25.9 Å². The summed E-state index contributed by atoms with van der Waals surface area (Å²) in [6.07, 6.45) is -9.71. The van der Waals surface area contributed by atoms with Crippen molar-refractivity contribution in [1.82, 2.24) is 4.90 Å². The molecule has 3 fully saturated rings. The van der Waals surface area contributed by atoms with Gasteiger partial charge in [0, 0.05) is 37.3 Å². The third-order valence-corrected chi connectivity index (χ3v) is 11.8. The number of Topliss-reactive ketones (excluding diaryl/α,β-unsaturated/α-hetero) is 1. The molecule has 5 N–H and O–H groups in total. The molecule has 0 aromatic carbocycles. The van der Waals surface area contributed by atoms with E-state index in [4.69, 9.17) is 28.4 Å². The van der Waals surface area contributed by atoms with Crippen LogP contribution in [-0.2, 0) is 38.0 Å². The highest BCUT2D eigenvalue weighted by Gasteiger charge is 2.53. The first-order valence-corrected chi connectivity index (χ1v) is 18.5. The zero-order chi connectivity index (χ0) is 39.0. The van der Waals surface area contributed by atoms with E-state index in [1.165, 1.54) is 27.9 Å². The second-order valence-electron chi connectivity index (χ2n) is 16.5. The Kier molecular flexibility index (Phi) is 14.7. The monoisotopic (exact) mass is 733 g/mol. The predicted octanol–water partition coefficient (Wildman–Crippen LogP) is 1.79. The Labute approximate surface area is 304 Å². The number of aliphatic hydroxyl groups excluding tert-OH is 3. The van der Waals surface area contributed by atoms with Crippen LogP contribution in [0.2, 0.25) is 0 Å². The van der Waals surface area contributed by atoms with E-state index in [2.05, 4.69) is 0 Å². The lowest BCUT2D eigenvalue weighted by Gasteiger charge is -2.49. The molecule has 0 radical (unpaired) electrons. The smallest absolute Gasteiger partial charge is 0.311 e. The predicted molar refractivity (Wildman–Crippen MR) is 186 cm³/mol. The minimum atomic E-state index is -1.99. The van der Waals surface area contributed by atoms with Gasteiger partial charge in [0.2, 0.25) is 0 Å². The van der Waals surface area contributed by atoms with Crippen molar-refractivity contribution in [3.05, 3.63) is 0 Å². The molecule has 51 heavy (non-hydrogen) atoms. The van der Waals surface area contributed by atoms with Crippen LogP contribution in [0.4, 0.5) is 0 Å². The van der Waals surface area contributed by atoms with Crippen LogP contribution in [0.3, 0.4) is 0 Å². The molecule has 3 aliphatic heterocycles. The summed E-state index contributed by atoms with van der Waals surface area (Å²) in [4.78, 5) is 29.8. The molecule has 0 bridgehead atoms. The molecule has 0 aromatic heterocycles. The number of aliphatic hydroxyl groups is 5. The Morgan fingerprint density at radius 1 is 0.882 bits per heavy atom. The molecular weight excluding hydrogens is 666 g/mol. The summed E-state index contributed by atoms with van der Waals surface area (Å²) in [5.41, 5.74) is -4.84. The number of esters is 1. The number of hydrogen-bond acceptors (Lipinski definition) is 14. The van der Waals surface area contributed by atoms with Crippen molar-refractivity contribution in [1.29, 1.82) is 0 Å². The van der Waals surface area contributed by atoms with E-state index in [0.717, 1.165) is 0 Å². The van der Waals surface area contributed by atoms with Crippen LogP contribution in [0.5, 0.6) is 0 Å². The number of rotatable bonds is 7. The Morgan fingerprint density at radius 3 is 2.04 bits per heavy atom. The molecule has 3 rings (SSSR count). The van der Waals surface area contributed by atoms with Gasteiger partial charge in [-0.3, -0.25) is 9.59 Å². The van der Waals surface area contributed by atoms with Gasteiger partial charge < -0.3 is 58.9 Å². The number of ether oxygens (including phenoxy) is 6. The van der Waals surface area contributed by atoms with Gasteiger partial charge in [-0.2, -0.15) is 0 Å². The fraction of sp³-hybridized carbons (Fsp3) is 0.946. The first-order valence-electron chi connectivity index (χ1n) is 18.5. The maximum atomic E-state index is 14.1. The fourth-order valence-electron chi connectivity index (χ4n) is 8.41. The standard InChI is InChI=1S/C37H67NO13/c1-14-25-37(10,45)30(41)20(4)27(39)18(2)16-35(8,44)32(51-34-28(40)24(38(11)12)15-19(3)47-34)21(5)29(22(6)33(43)49-25)50-26-17-36(9,46-13)31(42)23(7)48-26/h18-26,28-32,34,40-42,44-45H,14-17H2,1-13H3/t18-,19?,20+,21?,22-,23?,24?,25-,26?,28?,29+,30-,31?,32-,34?,35-,36?,37-/m1/s1. The first kappa shape index (κ1) is 44.1. The summed E-state index contributed by atoms with van der Waals surface area (Å²) in [6, 6.07) is -0.324. The van der Waals surface area contributed by atoms with Gasteiger partial charge in [0.05, 0.1) is 47.6 Å². The van der Waals surface area contributed by atoms with Gasteiger partial charge in [-0.1, -0.05) is 27.7 Å². The maximum absolute atomic E-state index is 14.1. The van der Waals surface area contributed by atoms with Gasteiger partial charge in [-0.15, -0.1) is 0 Å². The molecule has 0 spiro atoms. The van der Waals surface area contributed by atoms with Crippen molar-refractivity contribution in [3.8, 4) is 0 Å². The number of carbonyl (C=O) groups is 2. The van der Waals surface area contributed by atoms with Gasteiger partial charge in [-0.25, -0.2) is 0 Å². The van der Waals surface area contributed by atoms with Crippen LogP contribution in [0.1, 0.15) is 94.9 Å². The molecule has 14 heteroatoms. The van der Waals surface area contributed by atoms with E-state index >= 15 is 0 Å². The number of methoxy groups -OCH3 is 1. The highest BCUT2D eigenvalue weighted by atomic mass is 16.7. The summed E-state index contributed by atoms with van der Waals surface area (Å²) in [5.74, 6) is -4.98. The zero-order valence-corrected chi connectivity index (χ0v) is 32.9. The van der Waals surface area contributed by atoms with E-state index < -0.39 is 108 Å². The number of cyclic esters (lactones) is 1. The van der Waals surface area contributed by atoms with Crippen molar-refractivity contribution in [2.45, 2.75) is 179 Å². The summed E-state index contributed by atoms with van der Waals surface area (Å²) in [6.45, 7) is 16.3. The van der Waals surface area contributed by atoms with Gasteiger partial charge in [0.15, 0.2) is 12.6 Å². The molecule has 14 nitrogen and oxygen atoms in total. The quantitative estimate of drug-likeness (QED) is 0.238. The Bertz CT molecular complexity index is 1170. The SMILES string of the molecule is CC[C@H]1OC(=O)[C@H](C)[C@@H](OC2CC(C)(OC)C(O)C(C)O2)C(C)[C@@H](OC2OC(C)CC(N(C)C)C2O)[C@](C)(O)C[C@@H](C)C(=O)[C@H](C)[C@@H](O)[C@]1(C)O. The number of hydrogen-bond donors (Lipinski definition) is 5. The summed E-state index contributed by atoms with van der Waals surface area (Å²) in [5, 5.41) is 57.6. The molecule has 298 valence electrons. The molecule has 0 saturated carbocycles. The van der Waals surface area contributed by atoms with Crippen LogP contribution in [-0.4, -0.2) is 148 Å². The number of likely N-dealkylation sites (N-methyl/N-ethyl adjacent to an activating group) is 1. The Morgan fingerprint density at radius 2 is 1.49 bits per heavy atom. The minimum absolute atomic E-state index is 0.0936. The van der Waals surface area contributed by atoms with Crippen molar-refractivity contribution in [2.75, 3.05) is 21.2 Å². The van der Waals surface area contributed by atoms with E-state index in [0.29, 0.717) is 6.42 Å². The molecule has 0 aliphatic carbocycles. The average Bonchev–Trinajstić information content (AvgIpc) is 3.05. The summed E-state index contributed by atoms with van der Waals surface area (Å²) < 4.78 is 37.1. The maximum Gasteiger partial charge on any atom is 0.311 e. The van der Waals surface area contributed by atoms with Gasteiger partial charge >= 0.3 is 5.97 Å². The number of carbonyl (C=O) groups excluding carboxylic acids is 2. The highest BCUT2D eigenvalue weighted by molar-refractivity contribution is 5.83. The number of ketones is 1. The summed E-state index contributed by atoms with van der Waals surface area (Å²) in [7, 11) is 5.18. The average molecular weight is 734 g/mol. The molecule has 3 saturated heterocycles. The second kappa shape index (κ2) is 17.0. The lowest BCUT2D eigenvalue weighted by Crippen LogP contribution is -2.61. The molecule has 0 aromatic rings. The second-order valence-corrected chi connectivity index (χ2v) is 16.5. The normalized spacial score (nSPS) is 49.7. The lowest BCUT2D eigenvalue weighted by atomic mass is 9.74. The molecule has 18 atom stereocenters. The topological polar surface area (TPSA) is 194 Å². The zero-order valence-electron chi connectivity index (χ0n) is 32.9. The highest BCUT2D eigenvalue weighted by Crippen LogP contribution is 2.40. The van der Waals surface area contributed by atoms with Crippen LogP contribution in [0, 0.1) is 23.7 Å². The fourth-order valence-corrected chi connectivity index (χ4v) is 8.41. The van der Waals surface area contributed by atoms with E-state index in [-0.39, 0.29) is 31.4 Å². The van der Waals surface area contributed by atoms with Gasteiger partial charge in [-0.05, 0) is 74.9 Å². The van der Waals surface area contributed by atoms with Crippen molar-refractivity contribution < 1.29 is 63.5 Å². The van der Waals surface area contributed by atoms with Crippen molar-refractivity contribution in [2.24, 2.45) is 23.7 Å². The molecular formula is C37H67NO13. The molecule has 9 unspecified atom stereocenters. The molecule has 3 heterocycles. The summed E-state index contributed by atoms with van der Waals surface area (Å²) >= 11 is 0. The van der Waals surface area contributed by atoms with Crippen molar-refractivity contribution >= 4 is 11.8 Å². The third-order valence-electron chi connectivity index (χ3n) is 11.8. The Balaban J connectivity index is 2.18. The first-order chi connectivity index (χ1) is 23.4. The van der Waals surface area contributed by atoms with E-state index in [9.17, 15) is 35.1 Å². The van der Waals surface area contributed by atoms with Crippen LogP contribution >= 0.6 is 0 Å². The van der Waals surface area contributed by atoms with Gasteiger partial charge in [0.1, 0.15) is 29.7 Å². The third kappa shape index (κ3) is 9.51. The lowest BCUT2D eigenvalue weighted by molar-refractivity contribution is -0.318. The largest absolute Gasteiger partial charge is 0.459 e. The Hall–Kier alpha value is -1.30. The number of nitrogens with zero attached hydrogens (tertiary/aromatic N) is 1. The van der Waals surface area contributed by atoms with Crippen LogP contribution in [0.15, 0.2) is 0 Å². The van der Waals surface area contributed by atoms with E-state index in [1.54, 1.807) is 41.5 Å². The van der Waals surface area contributed by atoms with Crippen LogP contribution in [0.25, 0.3) is 0 Å². The minimum Gasteiger partial charge on any atom is -0.459 e. The molecule has 3 aliphatic rings.